The lowest BCUT2D eigenvalue weighted by Crippen LogP contribution is -2.47. The summed E-state index contributed by atoms with van der Waals surface area (Å²) in [6.07, 6.45) is 5.53. The van der Waals surface area contributed by atoms with Crippen LogP contribution >= 0.6 is 0 Å². The van der Waals surface area contributed by atoms with Crippen molar-refractivity contribution in [3.63, 3.8) is 0 Å². The van der Waals surface area contributed by atoms with Gasteiger partial charge in [-0.25, -0.2) is 0 Å². The van der Waals surface area contributed by atoms with Crippen LogP contribution in [0.25, 0.3) is 0 Å². The van der Waals surface area contributed by atoms with Crippen LogP contribution in [0, 0.1) is 11.8 Å². The Balaban J connectivity index is 2.52. The fourth-order valence-corrected chi connectivity index (χ4v) is 2.52. The number of piperidine rings is 1. The van der Waals surface area contributed by atoms with Crippen LogP contribution in [-0.2, 0) is 4.79 Å². The summed E-state index contributed by atoms with van der Waals surface area (Å²) in [4.78, 5) is 11.3. The van der Waals surface area contributed by atoms with Gasteiger partial charge in [-0.3, -0.25) is 4.79 Å². The van der Waals surface area contributed by atoms with Crippen LogP contribution < -0.4 is 11.1 Å². The predicted molar refractivity (Wildman–Crippen MR) is 62.4 cm³/mol. The molecule has 1 heterocycles. The van der Waals surface area contributed by atoms with Crippen LogP contribution in [-0.4, -0.2) is 18.5 Å². The van der Waals surface area contributed by atoms with E-state index in [0.717, 1.165) is 31.7 Å². The van der Waals surface area contributed by atoms with E-state index in [-0.39, 0.29) is 11.8 Å². The van der Waals surface area contributed by atoms with Crippen molar-refractivity contribution in [3.8, 4) is 0 Å². The monoisotopic (exact) mass is 212 g/mol. The molecular weight excluding hydrogens is 188 g/mol. The third-order valence-electron chi connectivity index (χ3n) is 3.69. The maximum Gasteiger partial charge on any atom is 0.222 e. The second-order valence-corrected chi connectivity index (χ2v) is 4.63. The number of nitrogens with two attached hydrogens (primary N) is 1. The number of nitrogens with one attached hydrogen (secondary N) is 1. The Labute approximate surface area is 92.8 Å². The van der Waals surface area contributed by atoms with E-state index in [1.807, 2.05) is 0 Å². The maximum atomic E-state index is 11.3. The molecule has 0 aromatic heterocycles. The van der Waals surface area contributed by atoms with Crippen LogP contribution in [0.15, 0.2) is 0 Å². The van der Waals surface area contributed by atoms with Crippen molar-refractivity contribution in [2.75, 3.05) is 6.54 Å². The van der Waals surface area contributed by atoms with Crippen LogP contribution in [0.1, 0.15) is 46.0 Å². The topological polar surface area (TPSA) is 55.1 Å². The van der Waals surface area contributed by atoms with Crippen LogP contribution in [0.4, 0.5) is 0 Å². The van der Waals surface area contributed by atoms with Gasteiger partial charge in [0.05, 0.1) is 5.92 Å². The molecule has 1 rings (SSSR count). The second kappa shape index (κ2) is 6.11. The number of primary amides is 1. The first-order valence-electron chi connectivity index (χ1n) is 6.21. The van der Waals surface area contributed by atoms with Gasteiger partial charge in [-0.15, -0.1) is 0 Å². The van der Waals surface area contributed by atoms with Gasteiger partial charge in [-0.1, -0.05) is 26.7 Å². The Morgan fingerprint density at radius 3 is 2.67 bits per heavy atom. The standard InChI is InChI=1S/C12H24N2O/c1-3-9(4-2)8-11-10(12(13)15)6-5-7-14-11/h9-11,14H,3-8H2,1-2H3,(H2,13,15). The molecule has 3 nitrogen and oxygen atoms in total. The lowest BCUT2D eigenvalue weighted by molar-refractivity contribution is -0.123. The lowest BCUT2D eigenvalue weighted by Gasteiger charge is -2.32. The predicted octanol–water partition coefficient (Wildman–Crippen LogP) is 1.67. The van der Waals surface area contributed by atoms with E-state index >= 15 is 0 Å². The molecule has 0 bridgehead atoms. The zero-order valence-corrected chi connectivity index (χ0v) is 9.96. The van der Waals surface area contributed by atoms with Gasteiger partial charge in [0.2, 0.25) is 5.91 Å². The molecule has 2 unspecified atom stereocenters. The molecule has 0 aromatic rings. The average molecular weight is 212 g/mol. The SMILES string of the molecule is CCC(CC)CC1NCCCC1C(N)=O. The van der Waals surface area contributed by atoms with E-state index in [4.69, 9.17) is 5.73 Å². The number of hydrogen-bond acceptors (Lipinski definition) is 2. The molecule has 1 aliphatic rings. The Morgan fingerprint density at radius 2 is 2.13 bits per heavy atom. The normalized spacial score (nSPS) is 26.9. The summed E-state index contributed by atoms with van der Waals surface area (Å²) in [6.45, 7) is 5.47. The Bertz CT molecular complexity index is 202. The molecule has 1 aliphatic heterocycles. The van der Waals surface area contributed by atoms with E-state index in [1.54, 1.807) is 0 Å². The van der Waals surface area contributed by atoms with Crippen molar-refractivity contribution >= 4 is 5.91 Å². The van der Waals surface area contributed by atoms with E-state index in [2.05, 4.69) is 19.2 Å². The molecule has 15 heavy (non-hydrogen) atoms. The molecule has 0 aliphatic carbocycles. The molecular formula is C12H24N2O. The van der Waals surface area contributed by atoms with Gasteiger partial charge in [0.15, 0.2) is 0 Å². The van der Waals surface area contributed by atoms with Crippen molar-refractivity contribution in [1.29, 1.82) is 0 Å². The van der Waals surface area contributed by atoms with Crippen molar-refractivity contribution < 1.29 is 4.79 Å². The highest BCUT2D eigenvalue weighted by Gasteiger charge is 2.30. The van der Waals surface area contributed by atoms with Crippen LogP contribution in [0.5, 0.6) is 0 Å². The minimum absolute atomic E-state index is 0.0550. The first-order valence-corrected chi connectivity index (χ1v) is 6.21. The van der Waals surface area contributed by atoms with Gasteiger partial charge in [-0.2, -0.15) is 0 Å². The summed E-state index contributed by atoms with van der Waals surface area (Å²) in [7, 11) is 0. The summed E-state index contributed by atoms with van der Waals surface area (Å²) in [5.74, 6) is 0.653. The molecule has 1 saturated heterocycles. The Hall–Kier alpha value is -0.570. The van der Waals surface area contributed by atoms with Gasteiger partial charge in [0.1, 0.15) is 0 Å². The highest BCUT2D eigenvalue weighted by Crippen LogP contribution is 2.24. The van der Waals surface area contributed by atoms with Crippen LogP contribution in [0.2, 0.25) is 0 Å². The lowest BCUT2D eigenvalue weighted by atomic mass is 9.83. The van der Waals surface area contributed by atoms with Gasteiger partial charge in [0.25, 0.3) is 0 Å². The summed E-state index contributed by atoms with van der Waals surface area (Å²) in [5.41, 5.74) is 5.44. The Kier molecular flexibility index (Phi) is 5.09. The fraction of sp³-hybridized carbons (Fsp3) is 0.917. The van der Waals surface area contributed by atoms with E-state index in [0.29, 0.717) is 6.04 Å². The molecule has 1 amide bonds. The molecule has 2 atom stereocenters. The number of carbonyl (C=O) groups excluding carboxylic acids is 1. The van der Waals surface area contributed by atoms with Gasteiger partial charge < -0.3 is 11.1 Å². The quantitative estimate of drug-likeness (QED) is 0.728. The number of amides is 1. The zero-order chi connectivity index (χ0) is 11.3. The molecule has 0 saturated carbocycles. The third-order valence-corrected chi connectivity index (χ3v) is 3.69. The van der Waals surface area contributed by atoms with Gasteiger partial charge in [-0.05, 0) is 31.7 Å². The second-order valence-electron chi connectivity index (χ2n) is 4.63. The first-order chi connectivity index (χ1) is 7.19. The summed E-state index contributed by atoms with van der Waals surface area (Å²) in [5, 5.41) is 3.45. The smallest absolute Gasteiger partial charge is 0.222 e. The van der Waals surface area contributed by atoms with Crippen molar-refractivity contribution in [2.45, 2.75) is 52.0 Å². The molecule has 1 fully saturated rings. The summed E-state index contributed by atoms with van der Waals surface area (Å²) in [6, 6.07) is 0.321. The first kappa shape index (κ1) is 12.5. The van der Waals surface area contributed by atoms with Crippen LogP contribution in [0.3, 0.4) is 0 Å². The molecule has 3 heteroatoms. The fourth-order valence-electron chi connectivity index (χ4n) is 2.52. The van der Waals surface area contributed by atoms with Gasteiger partial charge in [0, 0.05) is 6.04 Å². The largest absolute Gasteiger partial charge is 0.369 e. The van der Waals surface area contributed by atoms with E-state index in [9.17, 15) is 4.79 Å². The number of hydrogen-bond donors (Lipinski definition) is 2. The van der Waals surface area contributed by atoms with Crippen molar-refractivity contribution in [2.24, 2.45) is 17.6 Å². The molecule has 0 spiro atoms. The molecule has 3 N–H and O–H groups in total. The highest BCUT2D eigenvalue weighted by atomic mass is 16.1. The van der Waals surface area contributed by atoms with Crippen molar-refractivity contribution in [3.05, 3.63) is 0 Å². The van der Waals surface area contributed by atoms with Crippen molar-refractivity contribution in [1.82, 2.24) is 5.32 Å². The van der Waals surface area contributed by atoms with Gasteiger partial charge >= 0.3 is 0 Å². The summed E-state index contributed by atoms with van der Waals surface area (Å²) < 4.78 is 0. The third kappa shape index (κ3) is 3.49. The maximum absolute atomic E-state index is 11.3. The zero-order valence-electron chi connectivity index (χ0n) is 9.96. The van der Waals surface area contributed by atoms with E-state index < -0.39 is 0 Å². The molecule has 0 radical (unpaired) electrons. The van der Waals surface area contributed by atoms with E-state index in [1.165, 1.54) is 12.8 Å². The molecule has 0 aromatic carbocycles. The number of rotatable bonds is 5. The highest BCUT2D eigenvalue weighted by molar-refractivity contribution is 5.77. The average Bonchev–Trinajstić information content (AvgIpc) is 2.26. The summed E-state index contributed by atoms with van der Waals surface area (Å²) >= 11 is 0. The minimum Gasteiger partial charge on any atom is -0.369 e. The Morgan fingerprint density at radius 1 is 1.47 bits per heavy atom. The molecule has 88 valence electrons. The minimum atomic E-state index is -0.127. The number of carbonyl (C=O) groups is 1.